The second-order valence-electron chi connectivity index (χ2n) is 8.39. The minimum Gasteiger partial charge on any atom is -0.228 e. The second kappa shape index (κ2) is 8.03. The number of aromatic nitrogens is 3. The lowest BCUT2D eigenvalue weighted by Crippen LogP contribution is -1.98. The van der Waals surface area contributed by atoms with Crippen molar-refractivity contribution in [1.29, 1.82) is 0 Å². The van der Waals surface area contributed by atoms with E-state index < -0.39 is 0 Å². The van der Waals surface area contributed by atoms with Crippen molar-refractivity contribution in [1.82, 2.24) is 14.6 Å². The summed E-state index contributed by atoms with van der Waals surface area (Å²) in [7, 11) is 0. The van der Waals surface area contributed by atoms with Crippen LogP contribution >= 0.6 is 0 Å². The molecule has 6 rings (SSSR count). The van der Waals surface area contributed by atoms with Crippen LogP contribution in [0.15, 0.2) is 109 Å². The molecule has 33 heavy (non-hydrogen) atoms. The normalized spacial score (nSPS) is 11.3. The predicted octanol–water partition coefficient (Wildman–Crippen LogP) is 7.12. The number of nitrogens with zero attached hydrogens (tertiary/aromatic N) is 3. The van der Waals surface area contributed by atoms with Gasteiger partial charge in [-0.05, 0) is 34.9 Å². The number of aryl methyl sites for hydroxylation is 1. The molecule has 0 aliphatic heterocycles. The standard InChI is InChI=1S/C30H23N3/c1-21-19-27(24-14-6-3-7-15-24)31-30-29(26-18-10-16-23-13-8-9-17-25(23)26)28(32-33(21)30)20-22-11-4-2-5-12-22/h2-19H,20H2,1H3. The van der Waals surface area contributed by atoms with Crippen molar-refractivity contribution in [3.05, 3.63) is 126 Å². The summed E-state index contributed by atoms with van der Waals surface area (Å²) in [5.41, 5.74) is 8.60. The van der Waals surface area contributed by atoms with E-state index in [1.54, 1.807) is 0 Å². The van der Waals surface area contributed by atoms with Crippen molar-refractivity contribution in [2.75, 3.05) is 0 Å². The van der Waals surface area contributed by atoms with Gasteiger partial charge in [-0.15, -0.1) is 0 Å². The van der Waals surface area contributed by atoms with Crippen molar-refractivity contribution in [2.24, 2.45) is 0 Å². The molecule has 0 N–H and O–H groups in total. The highest BCUT2D eigenvalue weighted by Gasteiger charge is 2.20. The van der Waals surface area contributed by atoms with Gasteiger partial charge in [0.15, 0.2) is 5.65 Å². The average Bonchev–Trinajstić information content (AvgIpc) is 3.23. The van der Waals surface area contributed by atoms with Gasteiger partial charge in [0.05, 0.1) is 17.0 Å². The Hall–Kier alpha value is -4.24. The zero-order chi connectivity index (χ0) is 22.2. The van der Waals surface area contributed by atoms with Gasteiger partial charge in [-0.1, -0.05) is 103 Å². The molecular weight excluding hydrogens is 402 g/mol. The molecule has 0 atom stereocenters. The van der Waals surface area contributed by atoms with Crippen molar-refractivity contribution in [3.63, 3.8) is 0 Å². The third-order valence-corrected chi connectivity index (χ3v) is 6.18. The van der Waals surface area contributed by atoms with E-state index in [0.717, 1.165) is 40.3 Å². The fourth-order valence-corrected chi connectivity index (χ4v) is 4.60. The van der Waals surface area contributed by atoms with Crippen LogP contribution in [0.1, 0.15) is 17.0 Å². The summed E-state index contributed by atoms with van der Waals surface area (Å²) >= 11 is 0. The fraction of sp³-hybridized carbons (Fsp3) is 0.0667. The average molecular weight is 426 g/mol. The number of hydrogen-bond donors (Lipinski definition) is 0. The molecule has 0 saturated heterocycles. The molecule has 2 heterocycles. The number of rotatable bonds is 4. The Balaban J connectivity index is 1.66. The van der Waals surface area contributed by atoms with Crippen LogP contribution in [-0.4, -0.2) is 14.6 Å². The van der Waals surface area contributed by atoms with E-state index in [-0.39, 0.29) is 0 Å². The summed E-state index contributed by atoms with van der Waals surface area (Å²) in [6.45, 7) is 2.10. The van der Waals surface area contributed by atoms with Crippen LogP contribution in [0.25, 0.3) is 38.8 Å². The molecule has 0 unspecified atom stereocenters. The lowest BCUT2D eigenvalue weighted by atomic mass is 9.96. The highest BCUT2D eigenvalue weighted by molar-refractivity contribution is 6.00. The lowest BCUT2D eigenvalue weighted by molar-refractivity contribution is 0.864. The Kier molecular flexibility index (Phi) is 4.73. The predicted molar refractivity (Wildman–Crippen MR) is 135 cm³/mol. The zero-order valence-electron chi connectivity index (χ0n) is 18.4. The molecule has 0 bridgehead atoms. The van der Waals surface area contributed by atoms with E-state index in [1.165, 1.54) is 21.9 Å². The molecule has 0 fully saturated rings. The third-order valence-electron chi connectivity index (χ3n) is 6.18. The molecule has 6 aromatic rings. The van der Waals surface area contributed by atoms with Crippen molar-refractivity contribution >= 4 is 16.4 Å². The molecule has 3 nitrogen and oxygen atoms in total. The first-order valence-electron chi connectivity index (χ1n) is 11.2. The van der Waals surface area contributed by atoms with Crippen molar-refractivity contribution < 1.29 is 0 Å². The van der Waals surface area contributed by atoms with E-state index in [0.29, 0.717) is 0 Å². The van der Waals surface area contributed by atoms with Gasteiger partial charge in [0.2, 0.25) is 0 Å². The number of hydrogen-bond acceptors (Lipinski definition) is 2. The molecule has 0 aliphatic rings. The fourth-order valence-electron chi connectivity index (χ4n) is 4.60. The maximum Gasteiger partial charge on any atom is 0.164 e. The van der Waals surface area contributed by atoms with Gasteiger partial charge in [-0.2, -0.15) is 5.10 Å². The van der Waals surface area contributed by atoms with E-state index in [4.69, 9.17) is 10.1 Å². The van der Waals surface area contributed by atoms with Crippen LogP contribution in [0.4, 0.5) is 0 Å². The van der Waals surface area contributed by atoms with Gasteiger partial charge in [0.25, 0.3) is 0 Å². The van der Waals surface area contributed by atoms with Crippen LogP contribution in [-0.2, 0) is 6.42 Å². The van der Waals surface area contributed by atoms with Gasteiger partial charge >= 0.3 is 0 Å². The van der Waals surface area contributed by atoms with Crippen LogP contribution in [0, 0.1) is 6.92 Å². The maximum absolute atomic E-state index is 5.15. The van der Waals surface area contributed by atoms with E-state index in [1.807, 2.05) is 10.6 Å². The minimum atomic E-state index is 0.753. The first-order valence-corrected chi connectivity index (χ1v) is 11.2. The topological polar surface area (TPSA) is 30.2 Å². The molecule has 158 valence electrons. The van der Waals surface area contributed by atoms with E-state index in [2.05, 4.69) is 110 Å². The Morgan fingerprint density at radius 3 is 2.24 bits per heavy atom. The van der Waals surface area contributed by atoms with Crippen LogP contribution in [0.2, 0.25) is 0 Å². The molecule has 0 aliphatic carbocycles. The maximum atomic E-state index is 5.15. The Labute approximate surface area is 193 Å². The van der Waals surface area contributed by atoms with Crippen LogP contribution < -0.4 is 0 Å². The summed E-state index contributed by atoms with van der Waals surface area (Å²) in [5, 5.41) is 7.51. The molecule has 4 aromatic carbocycles. The van der Waals surface area contributed by atoms with Gasteiger partial charge in [0, 0.05) is 17.7 Å². The lowest BCUT2D eigenvalue weighted by Gasteiger charge is -2.09. The van der Waals surface area contributed by atoms with E-state index in [9.17, 15) is 0 Å². The molecule has 3 heteroatoms. The Bertz CT molecular complexity index is 1580. The summed E-state index contributed by atoms with van der Waals surface area (Å²) in [4.78, 5) is 5.15. The third kappa shape index (κ3) is 3.48. The molecule has 2 aromatic heterocycles. The summed E-state index contributed by atoms with van der Waals surface area (Å²) in [6.07, 6.45) is 0.753. The number of fused-ring (bicyclic) bond motifs is 2. The Morgan fingerprint density at radius 2 is 1.42 bits per heavy atom. The van der Waals surface area contributed by atoms with Gasteiger partial charge in [-0.3, -0.25) is 0 Å². The van der Waals surface area contributed by atoms with Gasteiger partial charge < -0.3 is 0 Å². The highest BCUT2D eigenvalue weighted by Crippen LogP contribution is 2.36. The molecule has 0 saturated carbocycles. The van der Waals surface area contributed by atoms with Crippen molar-refractivity contribution in [2.45, 2.75) is 13.3 Å². The molecule has 0 radical (unpaired) electrons. The summed E-state index contributed by atoms with van der Waals surface area (Å²) < 4.78 is 2.00. The monoisotopic (exact) mass is 425 g/mol. The molecule has 0 amide bonds. The second-order valence-corrected chi connectivity index (χ2v) is 8.39. The quantitative estimate of drug-likeness (QED) is 0.301. The van der Waals surface area contributed by atoms with Gasteiger partial charge in [0.1, 0.15) is 0 Å². The molecular formula is C30H23N3. The SMILES string of the molecule is Cc1cc(-c2ccccc2)nc2c(-c3cccc4ccccc34)c(Cc3ccccc3)nn12. The number of benzene rings is 4. The van der Waals surface area contributed by atoms with Crippen LogP contribution in [0.5, 0.6) is 0 Å². The first kappa shape index (κ1) is 19.4. The van der Waals surface area contributed by atoms with Gasteiger partial charge in [-0.25, -0.2) is 9.50 Å². The zero-order valence-corrected chi connectivity index (χ0v) is 18.4. The first-order chi connectivity index (χ1) is 16.3. The Morgan fingerprint density at radius 1 is 0.727 bits per heavy atom. The summed E-state index contributed by atoms with van der Waals surface area (Å²) in [5.74, 6) is 0. The summed E-state index contributed by atoms with van der Waals surface area (Å²) in [6, 6.07) is 38.0. The molecule has 0 spiro atoms. The van der Waals surface area contributed by atoms with Crippen LogP contribution in [0.3, 0.4) is 0 Å². The largest absolute Gasteiger partial charge is 0.228 e. The van der Waals surface area contributed by atoms with Crippen molar-refractivity contribution in [3.8, 4) is 22.4 Å². The minimum absolute atomic E-state index is 0.753. The van der Waals surface area contributed by atoms with E-state index >= 15 is 0 Å². The smallest absolute Gasteiger partial charge is 0.164 e. The highest BCUT2D eigenvalue weighted by atomic mass is 15.3.